The van der Waals surface area contributed by atoms with Crippen molar-refractivity contribution in [3.63, 3.8) is 0 Å². The molecule has 0 unspecified atom stereocenters. The second-order valence-electron chi connectivity index (χ2n) is 1.82. The van der Waals surface area contributed by atoms with Crippen molar-refractivity contribution >= 4 is 17.7 Å². The lowest BCUT2D eigenvalue weighted by atomic mass is 10.5. The highest BCUT2D eigenvalue weighted by Gasteiger charge is 1.98. The van der Waals surface area contributed by atoms with Gasteiger partial charge in [0, 0.05) is 13.0 Å². The van der Waals surface area contributed by atoms with Crippen molar-refractivity contribution in [2.75, 3.05) is 6.61 Å². The van der Waals surface area contributed by atoms with Gasteiger partial charge in [-0.15, -0.1) is 0 Å². The lowest BCUT2D eigenvalue weighted by Gasteiger charge is -1.90. The van der Waals surface area contributed by atoms with Crippen LogP contribution >= 0.6 is 0 Å². The van der Waals surface area contributed by atoms with Crippen molar-refractivity contribution < 1.29 is 24.2 Å². The summed E-state index contributed by atoms with van der Waals surface area (Å²) in [4.78, 5) is 29.0. The molecule has 1 N–H and O–H groups in total. The number of carbonyl (C=O) groups is 3. The highest BCUT2D eigenvalue weighted by molar-refractivity contribution is 6.31. The van der Waals surface area contributed by atoms with Crippen LogP contribution in [0.1, 0.15) is 13.8 Å². The molecule has 13 heavy (non-hydrogen) atoms. The highest BCUT2D eigenvalue weighted by Crippen LogP contribution is 1.74. The van der Waals surface area contributed by atoms with Crippen molar-refractivity contribution in [1.82, 2.24) is 0 Å². The molecule has 0 aromatic carbocycles. The number of carboxylic acid groups (broad SMARTS) is 1. The Bertz CT molecular complexity index is 195. The van der Waals surface area contributed by atoms with E-state index in [1.54, 1.807) is 6.92 Å². The first kappa shape index (κ1) is 13.9. The Morgan fingerprint density at radius 3 is 1.92 bits per heavy atom. The summed E-state index contributed by atoms with van der Waals surface area (Å²) in [5.41, 5.74) is 0. The minimum Gasteiger partial charge on any atom is -0.476 e. The highest BCUT2D eigenvalue weighted by atomic mass is 16.5. The van der Waals surface area contributed by atoms with E-state index in [-0.39, 0.29) is 5.97 Å². The molecule has 0 atom stereocenters. The molecule has 0 aromatic rings. The molecule has 74 valence electrons. The lowest BCUT2D eigenvalue weighted by Crippen LogP contribution is -2.05. The minimum absolute atomic E-state index is 0.359. The Labute approximate surface area is 76.0 Å². The summed E-state index contributed by atoms with van der Waals surface area (Å²) in [5, 5.41) is 7.64. The van der Waals surface area contributed by atoms with Gasteiger partial charge < -0.3 is 9.84 Å². The molecule has 0 radical (unpaired) electrons. The summed E-state index contributed by atoms with van der Waals surface area (Å²) in [6.45, 7) is 6.38. The number of rotatable bonds is 3. The van der Waals surface area contributed by atoms with Crippen LogP contribution in [0.25, 0.3) is 0 Å². The molecular formula is C8H12O5. The Morgan fingerprint density at radius 1 is 1.46 bits per heavy atom. The number of ketones is 1. The van der Waals surface area contributed by atoms with Crippen LogP contribution < -0.4 is 0 Å². The monoisotopic (exact) mass is 188 g/mol. The van der Waals surface area contributed by atoms with Gasteiger partial charge in [0.1, 0.15) is 0 Å². The van der Waals surface area contributed by atoms with Gasteiger partial charge in [-0.3, -0.25) is 4.79 Å². The summed E-state index contributed by atoms with van der Waals surface area (Å²) >= 11 is 0. The Hall–Kier alpha value is -1.65. The second kappa shape index (κ2) is 8.45. The first-order chi connectivity index (χ1) is 5.95. The fourth-order valence-electron chi connectivity index (χ4n) is 0.201. The van der Waals surface area contributed by atoms with Crippen LogP contribution in [-0.4, -0.2) is 29.4 Å². The summed E-state index contributed by atoms with van der Waals surface area (Å²) in [6, 6.07) is 0. The van der Waals surface area contributed by atoms with Gasteiger partial charge in [0.2, 0.25) is 5.78 Å². The van der Waals surface area contributed by atoms with Gasteiger partial charge in [-0.2, -0.15) is 0 Å². The molecule has 0 aliphatic heterocycles. The topological polar surface area (TPSA) is 80.7 Å². The molecule has 0 aliphatic carbocycles. The van der Waals surface area contributed by atoms with E-state index in [9.17, 15) is 14.4 Å². The molecule has 0 saturated heterocycles. The van der Waals surface area contributed by atoms with Gasteiger partial charge in [0.15, 0.2) is 0 Å². The second-order valence-corrected chi connectivity index (χ2v) is 1.82. The van der Waals surface area contributed by atoms with Gasteiger partial charge in [0.25, 0.3) is 0 Å². The van der Waals surface area contributed by atoms with Crippen LogP contribution in [0.2, 0.25) is 0 Å². The zero-order chi connectivity index (χ0) is 10.9. The standard InChI is InChI=1S/C5H8O2.C3H4O3/c1-3-5(6)7-4-2;1-2(4)3(5)6/h3H,1,4H2,2H3;1H3,(H,5,6). The van der Waals surface area contributed by atoms with Gasteiger partial charge >= 0.3 is 11.9 Å². The minimum atomic E-state index is -1.38. The largest absolute Gasteiger partial charge is 0.476 e. The lowest BCUT2D eigenvalue weighted by molar-refractivity contribution is -0.148. The molecule has 5 heteroatoms. The zero-order valence-corrected chi connectivity index (χ0v) is 7.57. The van der Waals surface area contributed by atoms with Crippen LogP contribution in [0, 0.1) is 0 Å². The maximum absolute atomic E-state index is 10.1. The van der Waals surface area contributed by atoms with Crippen LogP contribution in [0.5, 0.6) is 0 Å². The van der Waals surface area contributed by atoms with E-state index in [4.69, 9.17) is 5.11 Å². The number of hydrogen-bond acceptors (Lipinski definition) is 4. The Balaban J connectivity index is 0. The van der Waals surface area contributed by atoms with Crippen LogP contribution in [0.15, 0.2) is 12.7 Å². The number of aliphatic carboxylic acids is 1. The zero-order valence-electron chi connectivity index (χ0n) is 7.57. The average molecular weight is 188 g/mol. The van der Waals surface area contributed by atoms with Crippen LogP contribution in [-0.2, 0) is 19.1 Å². The molecule has 5 nitrogen and oxygen atoms in total. The van der Waals surface area contributed by atoms with E-state index in [1.807, 2.05) is 0 Å². The molecule has 0 rings (SSSR count). The van der Waals surface area contributed by atoms with Gasteiger partial charge in [-0.05, 0) is 6.92 Å². The molecule has 0 aliphatic rings. The molecule has 0 spiro atoms. The number of Topliss-reactive ketones (excluding diaryl/α,β-unsaturated/α-hetero) is 1. The summed E-state index contributed by atoms with van der Waals surface area (Å²) in [6.07, 6.45) is 1.14. The molecule has 0 fully saturated rings. The van der Waals surface area contributed by atoms with Crippen molar-refractivity contribution in [2.24, 2.45) is 0 Å². The average Bonchev–Trinajstić information content (AvgIpc) is 2.05. The quantitative estimate of drug-likeness (QED) is 0.393. The normalized spacial score (nSPS) is 7.54. The van der Waals surface area contributed by atoms with Crippen molar-refractivity contribution in [3.05, 3.63) is 12.7 Å². The number of carboxylic acids is 1. The van der Waals surface area contributed by atoms with E-state index in [2.05, 4.69) is 11.3 Å². The fourth-order valence-corrected chi connectivity index (χ4v) is 0.201. The number of carbonyl (C=O) groups excluding carboxylic acids is 2. The van der Waals surface area contributed by atoms with Gasteiger partial charge in [-0.25, -0.2) is 9.59 Å². The smallest absolute Gasteiger partial charge is 0.371 e. The third-order valence-electron chi connectivity index (χ3n) is 0.754. The third-order valence-corrected chi connectivity index (χ3v) is 0.754. The van der Waals surface area contributed by atoms with E-state index in [1.165, 1.54) is 0 Å². The van der Waals surface area contributed by atoms with Gasteiger partial charge in [0.05, 0.1) is 6.61 Å². The molecule has 0 aromatic heterocycles. The number of hydrogen-bond donors (Lipinski definition) is 1. The molecule has 0 bridgehead atoms. The van der Waals surface area contributed by atoms with Gasteiger partial charge in [-0.1, -0.05) is 6.58 Å². The maximum atomic E-state index is 10.1. The third kappa shape index (κ3) is 13.4. The number of ether oxygens (including phenoxy) is 1. The fraction of sp³-hybridized carbons (Fsp3) is 0.375. The predicted octanol–water partition coefficient (Wildman–Crippen LogP) is 0.395. The summed E-state index contributed by atoms with van der Waals surface area (Å²) < 4.78 is 4.43. The first-order valence-corrected chi connectivity index (χ1v) is 3.48. The number of esters is 1. The summed E-state index contributed by atoms with van der Waals surface area (Å²) in [7, 11) is 0. The first-order valence-electron chi connectivity index (χ1n) is 3.48. The molecule has 0 heterocycles. The maximum Gasteiger partial charge on any atom is 0.371 e. The predicted molar refractivity (Wildman–Crippen MR) is 45.1 cm³/mol. The van der Waals surface area contributed by atoms with E-state index >= 15 is 0 Å². The van der Waals surface area contributed by atoms with Crippen molar-refractivity contribution in [3.8, 4) is 0 Å². The molecule has 0 amide bonds. The van der Waals surface area contributed by atoms with E-state index in [0.717, 1.165) is 13.0 Å². The SMILES string of the molecule is C=CC(=O)OCC.CC(=O)C(=O)O. The summed E-state index contributed by atoms with van der Waals surface area (Å²) in [5.74, 6) is -2.56. The Morgan fingerprint density at radius 2 is 1.85 bits per heavy atom. The van der Waals surface area contributed by atoms with E-state index < -0.39 is 11.8 Å². The molecule has 0 saturated carbocycles. The van der Waals surface area contributed by atoms with Crippen LogP contribution in [0.3, 0.4) is 0 Å². The van der Waals surface area contributed by atoms with Crippen LogP contribution in [0.4, 0.5) is 0 Å². The van der Waals surface area contributed by atoms with E-state index in [0.29, 0.717) is 6.61 Å². The van der Waals surface area contributed by atoms with Crippen molar-refractivity contribution in [2.45, 2.75) is 13.8 Å². The molecular weight excluding hydrogens is 176 g/mol. The van der Waals surface area contributed by atoms with Crippen molar-refractivity contribution in [1.29, 1.82) is 0 Å². The Kier molecular flexibility index (Phi) is 9.04.